The van der Waals surface area contributed by atoms with Gasteiger partial charge in [-0.25, -0.2) is 8.42 Å². The molecule has 9 nitrogen and oxygen atoms in total. The summed E-state index contributed by atoms with van der Waals surface area (Å²) in [4.78, 5) is 23.3. The Balaban J connectivity index is 2.36. The second-order valence-corrected chi connectivity index (χ2v) is 8.44. The molecule has 0 bridgehead atoms. The minimum absolute atomic E-state index is 0.0671. The number of rotatable bonds is 9. The van der Waals surface area contributed by atoms with Gasteiger partial charge >= 0.3 is 0 Å². The lowest BCUT2D eigenvalue weighted by Crippen LogP contribution is -2.45. The Bertz CT molecular complexity index is 1070. The number of sulfonamides is 1. The Morgan fingerprint density at radius 1 is 1.33 bits per heavy atom. The molecule has 0 spiro atoms. The molecule has 1 unspecified atom stereocenters. The molecule has 10 heteroatoms. The number of ether oxygens (including phenoxy) is 1. The van der Waals surface area contributed by atoms with E-state index in [4.69, 9.17) is 4.74 Å². The van der Waals surface area contributed by atoms with E-state index in [-0.39, 0.29) is 11.4 Å². The molecule has 1 atom stereocenters. The van der Waals surface area contributed by atoms with E-state index in [1.807, 2.05) is 0 Å². The van der Waals surface area contributed by atoms with Gasteiger partial charge in [-0.05, 0) is 31.5 Å². The van der Waals surface area contributed by atoms with Gasteiger partial charge in [0.1, 0.15) is 18.4 Å². The molecule has 0 saturated heterocycles. The topological polar surface area (TPSA) is 119 Å². The van der Waals surface area contributed by atoms with Crippen LogP contribution in [0.2, 0.25) is 0 Å². The summed E-state index contributed by atoms with van der Waals surface area (Å²) in [7, 11) is -3.93. The predicted octanol–water partition coefficient (Wildman–Crippen LogP) is 3.26. The molecule has 1 amide bonds. The fourth-order valence-corrected chi connectivity index (χ4v) is 4.02. The third kappa shape index (κ3) is 5.57. The first-order valence-electron chi connectivity index (χ1n) is 8.93. The van der Waals surface area contributed by atoms with Crippen molar-refractivity contribution in [3.8, 4) is 5.75 Å². The first-order chi connectivity index (χ1) is 14.0. The number of hydrogen-bond donors (Lipinski definition) is 1. The zero-order valence-electron chi connectivity index (χ0n) is 16.9. The number of hydrogen-bond acceptors (Lipinski definition) is 6. The zero-order chi connectivity index (χ0) is 22.5. The number of aryl methyl sites for hydroxylation is 1. The van der Waals surface area contributed by atoms with Gasteiger partial charge < -0.3 is 10.1 Å². The zero-order valence-corrected chi connectivity index (χ0v) is 17.7. The van der Waals surface area contributed by atoms with Crippen LogP contribution in [0.15, 0.2) is 55.1 Å². The van der Waals surface area contributed by atoms with Gasteiger partial charge in [0.05, 0.1) is 16.9 Å². The van der Waals surface area contributed by atoms with Crippen molar-refractivity contribution in [2.75, 3.05) is 22.5 Å². The van der Waals surface area contributed by atoms with Crippen LogP contribution in [-0.2, 0) is 14.8 Å². The first-order valence-corrected chi connectivity index (χ1v) is 10.8. The van der Waals surface area contributed by atoms with Crippen LogP contribution >= 0.6 is 0 Å². The molecule has 2 aromatic carbocycles. The van der Waals surface area contributed by atoms with Gasteiger partial charge in [-0.3, -0.25) is 19.2 Å². The standard InChI is InChI=1S/C20H23N3O6S/c1-5-11-29-18-8-6-7-16(12-18)21-20(24)15(3)22(30(4,27)28)19-13-17(23(25)26)10-9-14(19)2/h5-10,12-13,15H,1,11H2,2-4H3,(H,21,24). The van der Waals surface area contributed by atoms with E-state index in [9.17, 15) is 23.3 Å². The molecule has 2 rings (SSSR count). The summed E-state index contributed by atoms with van der Waals surface area (Å²) in [5, 5.41) is 13.8. The van der Waals surface area contributed by atoms with E-state index in [1.165, 1.54) is 19.1 Å². The van der Waals surface area contributed by atoms with Crippen molar-refractivity contribution in [2.24, 2.45) is 0 Å². The van der Waals surface area contributed by atoms with Gasteiger partial charge in [-0.15, -0.1) is 0 Å². The third-order valence-corrected chi connectivity index (χ3v) is 5.43. The maximum absolute atomic E-state index is 12.8. The molecular weight excluding hydrogens is 410 g/mol. The molecule has 0 heterocycles. The molecule has 0 radical (unpaired) electrons. The van der Waals surface area contributed by atoms with Crippen molar-refractivity contribution in [1.29, 1.82) is 0 Å². The van der Waals surface area contributed by atoms with Crippen LogP contribution < -0.4 is 14.4 Å². The largest absolute Gasteiger partial charge is 0.489 e. The number of nitrogens with zero attached hydrogens (tertiary/aromatic N) is 2. The smallest absolute Gasteiger partial charge is 0.271 e. The number of carbonyl (C=O) groups excluding carboxylic acids is 1. The van der Waals surface area contributed by atoms with E-state index in [1.54, 1.807) is 37.3 Å². The highest BCUT2D eigenvalue weighted by Gasteiger charge is 2.31. The van der Waals surface area contributed by atoms with Crippen molar-refractivity contribution >= 4 is 33.0 Å². The highest BCUT2D eigenvalue weighted by atomic mass is 32.2. The van der Waals surface area contributed by atoms with Crippen molar-refractivity contribution < 1.29 is 22.9 Å². The van der Waals surface area contributed by atoms with Gasteiger partial charge in [-0.2, -0.15) is 0 Å². The molecule has 1 N–H and O–H groups in total. The predicted molar refractivity (Wildman–Crippen MR) is 115 cm³/mol. The average Bonchev–Trinajstić information content (AvgIpc) is 2.67. The lowest BCUT2D eigenvalue weighted by molar-refractivity contribution is -0.384. The molecule has 0 aliphatic rings. The lowest BCUT2D eigenvalue weighted by Gasteiger charge is -2.29. The van der Waals surface area contributed by atoms with Crippen molar-refractivity contribution in [3.05, 3.63) is 70.8 Å². The number of nitro groups is 1. The number of carbonyl (C=O) groups is 1. The van der Waals surface area contributed by atoms with Crippen molar-refractivity contribution in [2.45, 2.75) is 19.9 Å². The lowest BCUT2D eigenvalue weighted by atomic mass is 10.1. The summed E-state index contributed by atoms with van der Waals surface area (Å²) in [6.07, 6.45) is 2.53. The highest BCUT2D eigenvalue weighted by Crippen LogP contribution is 2.29. The van der Waals surface area contributed by atoms with E-state index in [0.717, 1.165) is 16.6 Å². The van der Waals surface area contributed by atoms with Gasteiger partial charge in [0.2, 0.25) is 15.9 Å². The molecular formula is C20H23N3O6S. The van der Waals surface area contributed by atoms with E-state index < -0.39 is 26.9 Å². The summed E-state index contributed by atoms with van der Waals surface area (Å²) in [5.41, 5.74) is 0.685. The molecule has 0 aromatic heterocycles. The Kier molecular flexibility index (Phi) is 7.17. The second kappa shape index (κ2) is 9.40. The summed E-state index contributed by atoms with van der Waals surface area (Å²) >= 11 is 0. The molecule has 160 valence electrons. The van der Waals surface area contributed by atoms with Crippen molar-refractivity contribution in [1.82, 2.24) is 0 Å². The van der Waals surface area contributed by atoms with Gasteiger partial charge in [0.25, 0.3) is 5.69 Å². The molecule has 30 heavy (non-hydrogen) atoms. The van der Waals surface area contributed by atoms with Gasteiger partial charge in [-0.1, -0.05) is 24.8 Å². The number of non-ortho nitro benzene ring substituents is 1. The Labute approximate surface area is 175 Å². The molecule has 0 aliphatic heterocycles. The molecule has 0 aliphatic carbocycles. The van der Waals surface area contributed by atoms with Crippen LogP contribution in [0, 0.1) is 17.0 Å². The highest BCUT2D eigenvalue weighted by molar-refractivity contribution is 7.92. The number of nitro benzene ring substituents is 1. The number of benzene rings is 2. The third-order valence-electron chi connectivity index (χ3n) is 4.20. The van der Waals surface area contributed by atoms with E-state index in [2.05, 4.69) is 11.9 Å². The number of anilines is 2. The average molecular weight is 433 g/mol. The maximum Gasteiger partial charge on any atom is 0.271 e. The van der Waals surface area contributed by atoms with Gasteiger partial charge in [0.15, 0.2) is 0 Å². The minimum atomic E-state index is -3.93. The van der Waals surface area contributed by atoms with Crippen LogP contribution in [0.1, 0.15) is 12.5 Å². The van der Waals surface area contributed by atoms with Crippen LogP contribution in [0.5, 0.6) is 5.75 Å². The monoisotopic (exact) mass is 433 g/mol. The first kappa shape index (κ1) is 22.9. The summed E-state index contributed by atoms with van der Waals surface area (Å²) in [6.45, 7) is 6.88. The van der Waals surface area contributed by atoms with Crippen LogP contribution in [0.25, 0.3) is 0 Å². The second-order valence-electron chi connectivity index (χ2n) is 6.58. The van der Waals surface area contributed by atoms with Crippen LogP contribution in [0.4, 0.5) is 17.1 Å². The van der Waals surface area contributed by atoms with Crippen LogP contribution in [0.3, 0.4) is 0 Å². The van der Waals surface area contributed by atoms with E-state index in [0.29, 0.717) is 23.6 Å². The summed E-state index contributed by atoms with van der Waals surface area (Å²) in [6, 6.07) is 9.31. The number of amides is 1. The van der Waals surface area contributed by atoms with Crippen molar-refractivity contribution in [3.63, 3.8) is 0 Å². The SMILES string of the molecule is C=CCOc1cccc(NC(=O)C(C)N(c2cc([N+](=O)[O-])ccc2C)S(C)(=O)=O)c1. The molecule has 0 saturated carbocycles. The maximum atomic E-state index is 12.8. The Hall–Kier alpha value is -3.40. The molecule has 2 aromatic rings. The fourth-order valence-electron chi connectivity index (χ4n) is 2.80. The normalized spacial score (nSPS) is 12.0. The van der Waals surface area contributed by atoms with Crippen LogP contribution in [-0.4, -0.2) is 38.2 Å². The van der Waals surface area contributed by atoms with E-state index >= 15 is 0 Å². The minimum Gasteiger partial charge on any atom is -0.489 e. The molecule has 0 fully saturated rings. The summed E-state index contributed by atoms with van der Waals surface area (Å²) in [5.74, 6) is -0.0953. The quantitative estimate of drug-likeness (QED) is 0.368. The Morgan fingerprint density at radius 3 is 2.63 bits per heavy atom. The van der Waals surface area contributed by atoms with Gasteiger partial charge in [0, 0.05) is 23.9 Å². The fraction of sp³-hybridized carbons (Fsp3) is 0.250. The number of nitrogens with one attached hydrogen (secondary N) is 1. The summed E-state index contributed by atoms with van der Waals surface area (Å²) < 4.78 is 31.3. The Morgan fingerprint density at radius 2 is 2.03 bits per heavy atom.